The third kappa shape index (κ3) is 5.42. The molecule has 0 saturated heterocycles. The van der Waals surface area contributed by atoms with Crippen LogP contribution < -0.4 is 5.32 Å². The molecule has 0 bridgehead atoms. The maximum Gasteiger partial charge on any atom is 0.220 e. The van der Waals surface area contributed by atoms with Gasteiger partial charge >= 0.3 is 0 Å². The number of hydrogen-bond donors (Lipinski definition) is 3. The Labute approximate surface area is 89.3 Å². The van der Waals surface area contributed by atoms with E-state index in [-0.39, 0.29) is 19.1 Å². The number of hydrogen-bond acceptors (Lipinski definition) is 3. The summed E-state index contributed by atoms with van der Waals surface area (Å²) >= 11 is 5.46. The zero-order valence-corrected chi connectivity index (χ0v) is 9.18. The maximum absolute atomic E-state index is 11.3. The minimum atomic E-state index is -0.919. The number of unbranched alkanes of at least 4 members (excludes halogenated alkanes) is 1. The van der Waals surface area contributed by atoms with Crippen LogP contribution in [0.3, 0.4) is 0 Å². The fourth-order valence-corrected chi connectivity index (χ4v) is 1.10. The Bertz CT molecular complexity index is 171. The van der Waals surface area contributed by atoms with Crippen LogP contribution in [0.2, 0.25) is 0 Å². The van der Waals surface area contributed by atoms with E-state index >= 15 is 0 Å². The highest BCUT2D eigenvalue weighted by atomic mass is 35.5. The minimum absolute atomic E-state index is 0.166. The van der Waals surface area contributed by atoms with Gasteiger partial charge in [-0.25, -0.2) is 0 Å². The molecular formula is C9H18ClNO3. The van der Waals surface area contributed by atoms with Gasteiger partial charge in [-0.1, -0.05) is 0 Å². The summed E-state index contributed by atoms with van der Waals surface area (Å²) in [6.45, 7) is 1.04. The van der Waals surface area contributed by atoms with Crippen LogP contribution in [0.1, 0.15) is 26.2 Å². The topological polar surface area (TPSA) is 69.6 Å². The molecule has 0 aromatic rings. The van der Waals surface area contributed by atoms with Crippen molar-refractivity contribution in [2.45, 2.75) is 31.7 Å². The Morgan fingerprint density at radius 2 is 1.93 bits per heavy atom. The Hall–Kier alpha value is -0.320. The summed E-state index contributed by atoms with van der Waals surface area (Å²) < 4.78 is 0. The third-order valence-electron chi connectivity index (χ3n) is 1.93. The van der Waals surface area contributed by atoms with E-state index in [2.05, 4.69) is 5.32 Å². The molecular weight excluding hydrogens is 206 g/mol. The van der Waals surface area contributed by atoms with Crippen LogP contribution in [0, 0.1) is 0 Å². The molecule has 4 nitrogen and oxygen atoms in total. The van der Waals surface area contributed by atoms with Crippen LogP contribution in [0.25, 0.3) is 0 Å². The van der Waals surface area contributed by atoms with Crippen molar-refractivity contribution in [3.05, 3.63) is 0 Å². The zero-order valence-electron chi connectivity index (χ0n) is 8.42. The molecule has 0 saturated carbocycles. The number of aliphatic hydroxyl groups is 2. The maximum atomic E-state index is 11.3. The van der Waals surface area contributed by atoms with Crippen molar-refractivity contribution in [2.24, 2.45) is 0 Å². The Kier molecular flexibility index (Phi) is 6.87. The first kappa shape index (κ1) is 13.7. The van der Waals surface area contributed by atoms with Crippen molar-refractivity contribution < 1.29 is 15.0 Å². The first-order valence-electron chi connectivity index (χ1n) is 4.66. The fraction of sp³-hybridized carbons (Fsp3) is 0.889. The molecule has 0 aliphatic rings. The molecule has 0 spiro atoms. The average molecular weight is 224 g/mol. The number of nitrogens with one attached hydrogen (secondary N) is 1. The third-order valence-corrected chi connectivity index (χ3v) is 2.19. The Morgan fingerprint density at radius 3 is 2.36 bits per heavy atom. The first-order valence-corrected chi connectivity index (χ1v) is 5.20. The van der Waals surface area contributed by atoms with Gasteiger partial charge in [0.1, 0.15) is 0 Å². The van der Waals surface area contributed by atoms with Gasteiger partial charge < -0.3 is 15.5 Å². The lowest BCUT2D eigenvalue weighted by molar-refractivity contribution is -0.124. The van der Waals surface area contributed by atoms with Gasteiger partial charge in [0.05, 0.1) is 18.8 Å². The first-order chi connectivity index (χ1) is 6.58. The van der Waals surface area contributed by atoms with Gasteiger partial charge in [0.25, 0.3) is 0 Å². The summed E-state index contributed by atoms with van der Waals surface area (Å²) in [6, 6.07) is 0. The second kappa shape index (κ2) is 7.04. The lowest BCUT2D eigenvalue weighted by atomic mass is 10.1. The molecule has 14 heavy (non-hydrogen) atoms. The summed E-state index contributed by atoms with van der Waals surface area (Å²) in [5.41, 5.74) is -0.919. The van der Waals surface area contributed by atoms with E-state index in [0.29, 0.717) is 12.3 Å². The number of carbonyl (C=O) groups excluding carboxylic acids is 1. The van der Waals surface area contributed by atoms with E-state index in [4.69, 9.17) is 21.8 Å². The van der Waals surface area contributed by atoms with Crippen molar-refractivity contribution in [2.75, 3.05) is 19.1 Å². The van der Waals surface area contributed by atoms with Gasteiger partial charge in [0.2, 0.25) is 5.91 Å². The average Bonchev–Trinajstić information content (AvgIpc) is 2.18. The van der Waals surface area contributed by atoms with E-state index < -0.39 is 5.54 Å². The molecule has 0 aromatic heterocycles. The molecule has 0 atom stereocenters. The van der Waals surface area contributed by atoms with E-state index in [1.807, 2.05) is 0 Å². The summed E-state index contributed by atoms with van der Waals surface area (Å²) in [4.78, 5) is 11.3. The van der Waals surface area contributed by atoms with Crippen molar-refractivity contribution >= 4 is 17.5 Å². The normalized spacial score (nSPS) is 11.4. The van der Waals surface area contributed by atoms with Crippen molar-refractivity contribution in [3.8, 4) is 0 Å². The summed E-state index contributed by atoms with van der Waals surface area (Å²) in [5, 5.41) is 20.4. The predicted octanol–water partition coefficient (Wildman–Crippen LogP) is 0.255. The van der Waals surface area contributed by atoms with Crippen LogP contribution in [0.4, 0.5) is 0 Å². The standard InChI is InChI=1S/C9H18ClNO3/c1-9(6-12,7-13)11-8(14)4-2-3-5-10/h12-13H,2-7H2,1H3,(H,11,14). The van der Waals surface area contributed by atoms with Crippen LogP contribution in [-0.2, 0) is 4.79 Å². The van der Waals surface area contributed by atoms with Crippen LogP contribution in [-0.4, -0.2) is 40.8 Å². The molecule has 0 aliphatic heterocycles. The lowest BCUT2D eigenvalue weighted by Crippen LogP contribution is -2.51. The van der Waals surface area contributed by atoms with Crippen molar-refractivity contribution in [3.63, 3.8) is 0 Å². The highest BCUT2D eigenvalue weighted by Crippen LogP contribution is 2.03. The van der Waals surface area contributed by atoms with Gasteiger partial charge in [-0.3, -0.25) is 4.79 Å². The second-order valence-electron chi connectivity index (χ2n) is 3.57. The number of amides is 1. The van der Waals surface area contributed by atoms with Crippen molar-refractivity contribution in [1.82, 2.24) is 5.32 Å². The molecule has 5 heteroatoms. The molecule has 0 unspecified atom stereocenters. The highest BCUT2D eigenvalue weighted by molar-refractivity contribution is 6.17. The summed E-state index contributed by atoms with van der Waals surface area (Å²) in [6.07, 6.45) is 1.90. The molecule has 0 rings (SSSR count). The lowest BCUT2D eigenvalue weighted by Gasteiger charge is -2.26. The SMILES string of the molecule is CC(CO)(CO)NC(=O)CCCCCl. The van der Waals surface area contributed by atoms with Crippen LogP contribution in [0.15, 0.2) is 0 Å². The summed E-state index contributed by atoms with van der Waals surface area (Å²) in [7, 11) is 0. The highest BCUT2D eigenvalue weighted by Gasteiger charge is 2.23. The zero-order chi connectivity index (χ0) is 11.0. The largest absolute Gasteiger partial charge is 0.394 e. The van der Waals surface area contributed by atoms with Crippen LogP contribution in [0.5, 0.6) is 0 Å². The van der Waals surface area contributed by atoms with Crippen LogP contribution >= 0.6 is 11.6 Å². The second-order valence-corrected chi connectivity index (χ2v) is 3.95. The van der Waals surface area contributed by atoms with E-state index in [1.54, 1.807) is 6.92 Å². The smallest absolute Gasteiger partial charge is 0.220 e. The van der Waals surface area contributed by atoms with Gasteiger partial charge in [-0.05, 0) is 19.8 Å². The van der Waals surface area contributed by atoms with Gasteiger partial charge in [0, 0.05) is 12.3 Å². The molecule has 0 aromatic carbocycles. The predicted molar refractivity (Wildman–Crippen MR) is 55.3 cm³/mol. The molecule has 0 radical (unpaired) electrons. The number of halogens is 1. The number of carbonyl (C=O) groups is 1. The van der Waals surface area contributed by atoms with Gasteiger partial charge in [0.15, 0.2) is 0 Å². The van der Waals surface area contributed by atoms with Gasteiger partial charge in [-0.15, -0.1) is 11.6 Å². The summed E-state index contributed by atoms with van der Waals surface area (Å²) in [5.74, 6) is 0.380. The van der Waals surface area contributed by atoms with Crippen molar-refractivity contribution in [1.29, 1.82) is 0 Å². The molecule has 0 fully saturated rings. The number of rotatable bonds is 7. The minimum Gasteiger partial charge on any atom is -0.394 e. The molecule has 1 amide bonds. The molecule has 0 heterocycles. The molecule has 84 valence electrons. The van der Waals surface area contributed by atoms with Gasteiger partial charge in [-0.2, -0.15) is 0 Å². The quantitative estimate of drug-likeness (QED) is 0.428. The fourth-order valence-electron chi connectivity index (χ4n) is 0.908. The van der Waals surface area contributed by atoms with E-state index in [9.17, 15) is 4.79 Å². The monoisotopic (exact) mass is 223 g/mol. The Morgan fingerprint density at radius 1 is 1.36 bits per heavy atom. The van der Waals surface area contributed by atoms with E-state index in [1.165, 1.54) is 0 Å². The molecule has 3 N–H and O–H groups in total. The number of aliphatic hydroxyl groups excluding tert-OH is 2. The van der Waals surface area contributed by atoms with E-state index in [0.717, 1.165) is 12.8 Å². The number of alkyl halides is 1. The Balaban J connectivity index is 3.80. The molecule has 0 aliphatic carbocycles.